The summed E-state index contributed by atoms with van der Waals surface area (Å²) in [6.07, 6.45) is 1.65. The molecule has 0 aliphatic carbocycles. The van der Waals surface area contributed by atoms with Gasteiger partial charge in [0.2, 0.25) is 5.88 Å². The predicted molar refractivity (Wildman–Crippen MR) is 90.2 cm³/mol. The number of aromatic nitrogens is 4. The van der Waals surface area contributed by atoms with Crippen LogP contribution in [-0.4, -0.2) is 27.3 Å². The van der Waals surface area contributed by atoms with Gasteiger partial charge in [0.1, 0.15) is 17.5 Å². The molecule has 0 unspecified atom stereocenters. The second-order valence-electron chi connectivity index (χ2n) is 5.33. The van der Waals surface area contributed by atoms with Gasteiger partial charge in [0, 0.05) is 34.6 Å². The Morgan fingerprint density at radius 1 is 1.29 bits per heavy atom. The van der Waals surface area contributed by atoms with Crippen molar-refractivity contribution in [3.63, 3.8) is 0 Å². The first-order valence-electron chi connectivity index (χ1n) is 7.28. The van der Waals surface area contributed by atoms with E-state index in [0.29, 0.717) is 22.7 Å². The summed E-state index contributed by atoms with van der Waals surface area (Å²) >= 11 is 0. The molecule has 3 heterocycles. The third-order valence-electron chi connectivity index (χ3n) is 3.80. The molecule has 7 nitrogen and oxygen atoms in total. The molecule has 0 aliphatic heterocycles. The first kappa shape index (κ1) is 15.5. The number of ether oxygens (including phenoxy) is 1. The molecule has 0 saturated carbocycles. The number of H-pyrrole nitrogens is 1. The van der Waals surface area contributed by atoms with E-state index >= 15 is 0 Å². The van der Waals surface area contributed by atoms with Crippen LogP contribution in [0, 0.1) is 25.2 Å². The number of rotatable bonds is 3. The molecule has 0 saturated heterocycles. The lowest BCUT2D eigenvalue weighted by Crippen LogP contribution is -2.00. The number of anilines is 1. The number of aromatic amines is 1. The van der Waals surface area contributed by atoms with E-state index in [4.69, 9.17) is 10.5 Å². The van der Waals surface area contributed by atoms with Crippen LogP contribution in [0.3, 0.4) is 0 Å². The smallest absolute Gasteiger partial charge is 0.212 e. The number of hydrogen-bond donors (Lipinski definition) is 2. The molecular formula is C17H16N6O. The number of hydrogen-bond acceptors (Lipinski definition) is 6. The minimum absolute atomic E-state index is 0.181. The highest BCUT2D eigenvalue weighted by Gasteiger charge is 2.17. The van der Waals surface area contributed by atoms with Gasteiger partial charge in [0.05, 0.1) is 18.5 Å². The predicted octanol–water partition coefficient (Wildman–Crippen LogP) is 2.61. The molecule has 0 aromatic carbocycles. The molecule has 0 radical (unpaired) electrons. The van der Waals surface area contributed by atoms with E-state index in [1.165, 1.54) is 0 Å². The molecule has 7 heteroatoms. The molecule has 3 aromatic rings. The van der Waals surface area contributed by atoms with Crippen LogP contribution in [-0.2, 0) is 0 Å². The highest BCUT2D eigenvalue weighted by atomic mass is 16.5. The van der Waals surface area contributed by atoms with Crippen molar-refractivity contribution in [3.8, 4) is 34.3 Å². The zero-order valence-electron chi connectivity index (χ0n) is 13.6. The fourth-order valence-electron chi connectivity index (χ4n) is 2.63. The average molecular weight is 320 g/mol. The highest BCUT2D eigenvalue weighted by Crippen LogP contribution is 2.33. The van der Waals surface area contributed by atoms with Gasteiger partial charge in [-0.1, -0.05) is 0 Å². The molecule has 0 spiro atoms. The van der Waals surface area contributed by atoms with Crippen molar-refractivity contribution in [3.05, 3.63) is 41.3 Å². The van der Waals surface area contributed by atoms with Crippen LogP contribution >= 0.6 is 0 Å². The fourth-order valence-corrected chi connectivity index (χ4v) is 2.63. The third-order valence-corrected chi connectivity index (χ3v) is 3.80. The Morgan fingerprint density at radius 2 is 2.08 bits per heavy atom. The topological polar surface area (TPSA) is 113 Å². The molecule has 0 amide bonds. The maximum absolute atomic E-state index is 9.46. The van der Waals surface area contributed by atoms with Gasteiger partial charge in [0.25, 0.3) is 0 Å². The lowest BCUT2D eigenvalue weighted by molar-refractivity contribution is 0.398. The van der Waals surface area contributed by atoms with Gasteiger partial charge in [-0.25, -0.2) is 9.97 Å². The first-order valence-corrected chi connectivity index (χ1v) is 7.28. The molecule has 0 aliphatic rings. The van der Waals surface area contributed by atoms with Crippen molar-refractivity contribution in [1.29, 1.82) is 5.26 Å². The number of nitrogens with one attached hydrogen (secondary N) is 1. The van der Waals surface area contributed by atoms with Crippen molar-refractivity contribution in [1.82, 2.24) is 20.2 Å². The van der Waals surface area contributed by atoms with Crippen LogP contribution < -0.4 is 10.5 Å². The fraction of sp³-hybridized carbons (Fsp3) is 0.176. The van der Waals surface area contributed by atoms with Crippen molar-refractivity contribution < 1.29 is 4.74 Å². The van der Waals surface area contributed by atoms with Crippen LogP contribution in [0.25, 0.3) is 22.4 Å². The minimum atomic E-state index is 0.181. The zero-order chi connectivity index (χ0) is 17.3. The van der Waals surface area contributed by atoms with Crippen LogP contribution in [0.1, 0.15) is 17.0 Å². The molecule has 3 aromatic heterocycles. The second-order valence-corrected chi connectivity index (χ2v) is 5.33. The molecule has 0 fully saturated rings. The van der Waals surface area contributed by atoms with Crippen LogP contribution in [0.5, 0.6) is 5.88 Å². The maximum atomic E-state index is 9.46. The molecule has 24 heavy (non-hydrogen) atoms. The Morgan fingerprint density at radius 3 is 2.62 bits per heavy atom. The number of aryl methyl sites for hydroxylation is 2. The molecule has 120 valence electrons. The number of pyridine rings is 2. The largest absolute Gasteiger partial charge is 0.481 e. The Balaban J connectivity index is 2.22. The van der Waals surface area contributed by atoms with Crippen molar-refractivity contribution in [2.75, 3.05) is 12.8 Å². The van der Waals surface area contributed by atoms with Gasteiger partial charge < -0.3 is 10.5 Å². The van der Waals surface area contributed by atoms with Gasteiger partial charge in [-0.15, -0.1) is 0 Å². The van der Waals surface area contributed by atoms with Crippen molar-refractivity contribution in [2.45, 2.75) is 13.8 Å². The van der Waals surface area contributed by atoms with E-state index in [1.54, 1.807) is 19.4 Å². The molecule has 3 N–H and O–H groups in total. The summed E-state index contributed by atoms with van der Waals surface area (Å²) in [4.78, 5) is 8.57. The zero-order valence-corrected chi connectivity index (χ0v) is 13.6. The van der Waals surface area contributed by atoms with Gasteiger partial charge >= 0.3 is 0 Å². The van der Waals surface area contributed by atoms with Gasteiger partial charge in [-0.2, -0.15) is 10.4 Å². The van der Waals surface area contributed by atoms with Crippen LogP contribution in [0.4, 0.5) is 5.82 Å². The summed E-state index contributed by atoms with van der Waals surface area (Å²) in [5.41, 5.74) is 11.1. The summed E-state index contributed by atoms with van der Waals surface area (Å²) < 4.78 is 5.07. The van der Waals surface area contributed by atoms with Gasteiger partial charge in [0.15, 0.2) is 0 Å². The number of methoxy groups -OCH3 is 1. The van der Waals surface area contributed by atoms with E-state index in [1.807, 2.05) is 26.0 Å². The monoisotopic (exact) mass is 320 g/mol. The Bertz CT molecular complexity index is 917. The maximum Gasteiger partial charge on any atom is 0.212 e. The van der Waals surface area contributed by atoms with Crippen molar-refractivity contribution in [2.24, 2.45) is 0 Å². The summed E-state index contributed by atoms with van der Waals surface area (Å²) in [5.74, 6) is 0.682. The average Bonchev–Trinajstić information content (AvgIpc) is 2.93. The number of nitrogen functional groups attached to an aromatic ring is 1. The van der Waals surface area contributed by atoms with E-state index in [-0.39, 0.29) is 5.82 Å². The summed E-state index contributed by atoms with van der Waals surface area (Å²) in [5, 5.41) is 16.6. The molecule has 3 rings (SSSR count). The number of nitriles is 1. The third kappa shape index (κ3) is 2.54. The quantitative estimate of drug-likeness (QED) is 0.767. The van der Waals surface area contributed by atoms with Gasteiger partial charge in [-0.3, -0.25) is 5.10 Å². The lowest BCUT2D eigenvalue weighted by atomic mass is 9.99. The summed E-state index contributed by atoms with van der Waals surface area (Å²) in [6.45, 7) is 3.81. The van der Waals surface area contributed by atoms with E-state index in [2.05, 4.69) is 26.2 Å². The molecule has 0 atom stereocenters. The SMILES string of the molecule is COc1ccc(-c2cc(-c3c(C)n[nH]c3C)nc(N)c2C#N)cn1. The van der Waals surface area contributed by atoms with Crippen LogP contribution in [0.15, 0.2) is 24.4 Å². The normalized spacial score (nSPS) is 10.4. The molecular weight excluding hydrogens is 304 g/mol. The Labute approximate surface area is 139 Å². The van der Waals surface area contributed by atoms with E-state index in [0.717, 1.165) is 22.5 Å². The van der Waals surface area contributed by atoms with Gasteiger partial charge in [-0.05, 0) is 26.0 Å². The minimum Gasteiger partial charge on any atom is -0.481 e. The standard InChI is InChI=1S/C17H16N6O/c1-9-16(10(2)23-22-9)14-6-12(13(7-18)17(19)21-14)11-4-5-15(24-3)20-8-11/h4-6,8H,1-3H3,(H2,19,21)(H,22,23). The van der Waals surface area contributed by atoms with Crippen LogP contribution in [0.2, 0.25) is 0 Å². The summed E-state index contributed by atoms with van der Waals surface area (Å²) in [6, 6.07) is 7.53. The summed E-state index contributed by atoms with van der Waals surface area (Å²) in [7, 11) is 1.55. The van der Waals surface area contributed by atoms with E-state index < -0.39 is 0 Å². The highest BCUT2D eigenvalue weighted by molar-refractivity contribution is 5.80. The second kappa shape index (κ2) is 6.01. The lowest BCUT2D eigenvalue weighted by Gasteiger charge is -2.10. The first-order chi connectivity index (χ1) is 11.5. The number of nitrogens with two attached hydrogens (primary N) is 1. The number of nitrogens with zero attached hydrogens (tertiary/aromatic N) is 4. The molecule has 0 bridgehead atoms. The van der Waals surface area contributed by atoms with Crippen molar-refractivity contribution >= 4 is 5.82 Å². The Hall–Kier alpha value is -3.40. The van der Waals surface area contributed by atoms with E-state index in [9.17, 15) is 5.26 Å². The Kier molecular flexibility index (Phi) is 3.88.